The van der Waals surface area contributed by atoms with Crippen LogP contribution >= 0.6 is 15.9 Å². The molecule has 0 aliphatic heterocycles. The van der Waals surface area contributed by atoms with E-state index in [-0.39, 0.29) is 0 Å². The number of hydrogen-bond donors (Lipinski definition) is 1. The molecule has 3 nitrogen and oxygen atoms in total. The smallest absolute Gasteiger partial charge is 0.0695 e. The lowest BCUT2D eigenvalue weighted by atomic mass is 10.0. The molecule has 1 N–H and O–H groups in total. The fraction of sp³-hybridized carbons (Fsp3) is 0.438. The summed E-state index contributed by atoms with van der Waals surface area (Å²) >= 11 is 3.63. The molecule has 0 bridgehead atoms. The van der Waals surface area contributed by atoms with Gasteiger partial charge in [0.1, 0.15) is 0 Å². The zero-order chi connectivity index (χ0) is 14.4. The van der Waals surface area contributed by atoms with E-state index in [1.807, 2.05) is 13.2 Å². The molecule has 0 spiro atoms. The molecule has 1 heterocycles. The largest absolute Gasteiger partial charge is 0.312 e. The minimum absolute atomic E-state index is 0.318. The van der Waals surface area contributed by atoms with Crippen molar-refractivity contribution >= 4 is 15.9 Å². The van der Waals surface area contributed by atoms with Crippen molar-refractivity contribution in [3.8, 4) is 0 Å². The first-order chi connectivity index (χ1) is 9.76. The van der Waals surface area contributed by atoms with Gasteiger partial charge >= 0.3 is 0 Å². The molecule has 0 fully saturated rings. The number of nitrogens with one attached hydrogen (secondary N) is 1. The van der Waals surface area contributed by atoms with Crippen LogP contribution in [0.3, 0.4) is 0 Å². The number of halogens is 1. The average Bonchev–Trinajstić information content (AvgIpc) is 2.83. The van der Waals surface area contributed by atoms with E-state index in [0.717, 1.165) is 30.3 Å². The molecule has 0 amide bonds. The Balaban J connectivity index is 2.10. The van der Waals surface area contributed by atoms with Crippen molar-refractivity contribution in [3.63, 3.8) is 0 Å². The van der Waals surface area contributed by atoms with Gasteiger partial charge in [-0.3, -0.25) is 4.68 Å². The van der Waals surface area contributed by atoms with E-state index in [9.17, 15) is 0 Å². The Hall–Kier alpha value is -1.13. The van der Waals surface area contributed by atoms with Gasteiger partial charge in [0.05, 0.1) is 22.4 Å². The highest BCUT2D eigenvalue weighted by Gasteiger charge is 2.18. The molecular formula is C16H22BrN3. The highest BCUT2D eigenvalue weighted by molar-refractivity contribution is 9.10. The van der Waals surface area contributed by atoms with Gasteiger partial charge in [0.15, 0.2) is 0 Å². The van der Waals surface area contributed by atoms with Crippen LogP contribution in [0.4, 0.5) is 0 Å². The van der Waals surface area contributed by atoms with Gasteiger partial charge in [-0.2, -0.15) is 5.10 Å². The van der Waals surface area contributed by atoms with E-state index in [1.165, 1.54) is 11.3 Å². The maximum Gasteiger partial charge on any atom is 0.0695 e. The Labute approximate surface area is 129 Å². The predicted octanol–water partition coefficient (Wildman–Crippen LogP) is 3.95. The third-order valence-electron chi connectivity index (χ3n) is 3.51. The van der Waals surface area contributed by atoms with E-state index >= 15 is 0 Å². The van der Waals surface area contributed by atoms with Crippen LogP contribution in [0.15, 0.2) is 41.0 Å². The summed E-state index contributed by atoms with van der Waals surface area (Å²) in [5.41, 5.74) is 2.63. The molecule has 4 heteroatoms. The molecule has 1 aromatic carbocycles. The van der Waals surface area contributed by atoms with Crippen LogP contribution in [0, 0.1) is 0 Å². The monoisotopic (exact) mass is 335 g/mol. The molecule has 1 unspecified atom stereocenters. The van der Waals surface area contributed by atoms with Crippen molar-refractivity contribution in [1.82, 2.24) is 15.1 Å². The lowest BCUT2D eigenvalue weighted by Crippen LogP contribution is -2.21. The molecule has 1 atom stereocenters. The lowest BCUT2D eigenvalue weighted by Gasteiger charge is -2.18. The van der Waals surface area contributed by atoms with Crippen LogP contribution in [0.5, 0.6) is 0 Å². The molecule has 2 rings (SSSR count). The number of nitrogens with zero attached hydrogens (tertiary/aromatic N) is 2. The standard InChI is InChI=1S/C16H22BrN3/c1-3-11-20-16(14(17)12-19-20)15(18-2)10-9-13-7-5-4-6-8-13/h4-8,12,15,18H,3,9-11H2,1-2H3. The summed E-state index contributed by atoms with van der Waals surface area (Å²) in [4.78, 5) is 0. The van der Waals surface area contributed by atoms with Gasteiger partial charge in [0.2, 0.25) is 0 Å². The second kappa shape index (κ2) is 7.60. The fourth-order valence-electron chi connectivity index (χ4n) is 2.48. The molecule has 2 aromatic rings. The first kappa shape index (κ1) is 15.3. The van der Waals surface area contributed by atoms with E-state index in [4.69, 9.17) is 0 Å². The minimum atomic E-state index is 0.318. The lowest BCUT2D eigenvalue weighted by molar-refractivity contribution is 0.475. The topological polar surface area (TPSA) is 29.9 Å². The summed E-state index contributed by atoms with van der Waals surface area (Å²) in [6.07, 6.45) is 5.12. The summed E-state index contributed by atoms with van der Waals surface area (Å²) in [5, 5.41) is 7.88. The molecule has 0 aliphatic rings. The minimum Gasteiger partial charge on any atom is -0.312 e. The fourth-order valence-corrected chi connectivity index (χ4v) is 3.05. The highest BCUT2D eigenvalue weighted by Crippen LogP contribution is 2.26. The summed E-state index contributed by atoms with van der Waals surface area (Å²) < 4.78 is 3.20. The van der Waals surface area contributed by atoms with Crippen molar-refractivity contribution in [2.75, 3.05) is 7.05 Å². The van der Waals surface area contributed by atoms with Crippen molar-refractivity contribution in [3.05, 3.63) is 52.3 Å². The van der Waals surface area contributed by atoms with Crippen LogP contribution < -0.4 is 5.32 Å². The van der Waals surface area contributed by atoms with Crippen LogP contribution in [-0.4, -0.2) is 16.8 Å². The quantitative estimate of drug-likeness (QED) is 0.830. The summed E-state index contributed by atoms with van der Waals surface area (Å²) in [6, 6.07) is 10.9. The second-order valence-electron chi connectivity index (χ2n) is 4.97. The van der Waals surface area contributed by atoms with Crippen molar-refractivity contribution in [1.29, 1.82) is 0 Å². The van der Waals surface area contributed by atoms with Crippen molar-refractivity contribution < 1.29 is 0 Å². The third kappa shape index (κ3) is 3.70. The molecule has 108 valence electrons. The zero-order valence-corrected chi connectivity index (χ0v) is 13.7. The molecular weight excluding hydrogens is 314 g/mol. The summed E-state index contributed by atoms with van der Waals surface area (Å²) in [7, 11) is 2.02. The van der Waals surface area contributed by atoms with E-state index < -0.39 is 0 Å². The number of aromatic nitrogens is 2. The molecule has 1 aromatic heterocycles. The number of aryl methyl sites for hydroxylation is 2. The SMILES string of the molecule is CCCn1ncc(Br)c1C(CCc1ccccc1)NC. The molecule has 0 radical (unpaired) electrons. The van der Waals surface area contributed by atoms with Gasteiger partial charge in [0.25, 0.3) is 0 Å². The number of rotatable bonds is 7. The number of hydrogen-bond acceptors (Lipinski definition) is 2. The van der Waals surface area contributed by atoms with Gasteiger partial charge in [-0.1, -0.05) is 37.3 Å². The van der Waals surface area contributed by atoms with Crippen LogP contribution in [0.25, 0.3) is 0 Å². The van der Waals surface area contributed by atoms with Crippen LogP contribution in [0.1, 0.15) is 37.1 Å². The molecule has 0 saturated carbocycles. The van der Waals surface area contributed by atoms with Gasteiger partial charge in [-0.05, 0) is 47.8 Å². The first-order valence-corrected chi connectivity index (χ1v) is 7.98. The Bertz CT molecular complexity index is 522. The van der Waals surface area contributed by atoms with Gasteiger partial charge in [-0.15, -0.1) is 0 Å². The maximum atomic E-state index is 4.46. The van der Waals surface area contributed by atoms with E-state index in [0.29, 0.717) is 6.04 Å². The Morgan fingerprint density at radius 3 is 2.70 bits per heavy atom. The van der Waals surface area contributed by atoms with Crippen LogP contribution in [-0.2, 0) is 13.0 Å². The van der Waals surface area contributed by atoms with Gasteiger partial charge < -0.3 is 5.32 Å². The van der Waals surface area contributed by atoms with Crippen molar-refractivity contribution in [2.45, 2.75) is 38.8 Å². The predicted molar refractivity (Wildman–Crippen MR) is 86.8 cm³/mol. The third-order valence-corrected chi connectivity index (χ3v) is 4.12. The average molecular weight is 336 g/mol. The van der Waals surface area contributed by atoms with Crippen LogP contribution in [0.2, 0.25) is 0 Å². The normalized spacial score (nSPS) is 12.6. The molecule has 0 aliphatic carbocycles. The summed E-state index contributed by atoms with van der Waals surface area (Å²) in [6.45, 7) is 3.14. The maximum absolute atomic E-state index is 4.46. The Morgan fingerprint density at radius 1 is 1.30 bits per heavy atom. The van der Waals surface area contributed by atoms with E-state index in [2.05, 4.69) is 68.3 Å². The highest BCUT2D eigenvalue weighted by atomic mass is 79.9. The molecule has 0 saturated heterocycles. The second-order valence-corrected chi connectivity index (χ2v) is 5.82. The van der Waals surface area contributed by atoms with Crippen molar-refractivity contribution in [2.24, 2.45) is 0 Å². The number of benzene rings is 1. The Morgan fingerprint density at radius 2 is 2.05 bits per heavy atom. The van der Waals surface area contributed by atoms with Gasteiger partial charge in [-0.25, -0.2) is 0 Å². The molecule has 20 heavy (non-hydrogen) atoms. The zero-order valence-electron chi connectivity index (χ0n) is 12.1. The first-order valence-electron chi connectivity index (χ1n) is 7.18. The Kier molecular flexibility index (Phi) is 5.80. The summed E-state index contributed by atoms with van der Waals surface area (Å²) in [5.74, 6) is 0. The van der Waals surface area contributed by atoms with Gasteiger partial charge in [0, 0.05) is 6.54 Å². The van der Waals surface area contributed by atoms with E-state index in [1.54, 1.807) is 0 Å².